The van der Waals surface area contributed by atoms with Crippen molar-refractivity contribution in [2.24, 2.45) is 0 Å². The molecule has 3 rings (SSSR count). The van der Waals surface area contributed by atoms with Crippen LogP contribution in [0.4, 0.5) is 11.4 Å². The lowest BCUT2D eigenvalue weighted by Gasteiger charge is -2.34. The Bertz CT molecular complexity index is 985. The largest absolute Gasteiger partial charge is 0.307 e. The number of anilines is 2. The Morgan fingerprint density at radius 1 is 1.19 bits per heavy atom. The number of sulfonamides is 1. The second-order valence-electron chi connectivity index (χ2n) is 7.41. The summed E-state index contributed by atoms with van der Waals surface area (Å²) in [6.07, 6.45) is 1.93. The number of aryl methyl sites for hydroxylation is 2. The number of nitrogens with zero attached hydrogens (tertiary/aromatic N) is 2. The molecule has 1 amide bonds. The van der Waals surface area contributed by atoms with E-state index in [1.807, 2.05) is 63.2 Å². The number of rotatable bonds is 4. The zero-order valence-corrected chi connectivity index (χ0v) is 17.2. The van der Waals surface area contributed by atoms with E-state index >= 15 is 0 Å². The van der Waals surface area contributed by atoms with Crippen LogP contribution >= 0.6 is 0 Å². The van der Waals surface area contributed by atoms with Gasteiger partial charge in [0, 0.05) is 11.7 Å². The number of hydrogen-bond acceptors (Lipinski definition) is 3. The van der Waals surface area contributed by atoms with Gasteiger partial charge in [0.25, 0.3) is 5.91 Å². The molecule has 0 saturated heterocycles. The fourth-order valence-corrected chi connectivity index (χ4v) is 5.05. The summed E-state index contributed by atoms with van der Waals surface area (Å²) in [5.41, 5.74) is 4.31. The van der Waals surface area contributed by atoms with Crippen molar-refractivity contribution in [3.63, 3.8) is 0 Å². The van der Waals surface area contributed by atoms with E-state index in [-0.39, 0.29) is 11.9 Å². The summed E-state index contributed by atoms with van der Waals surface area (Å²) >= 11 is 0. The lowest BCUT2D eigenvalue weighted by molar-refractivity contribution is -0.119. The first-order chi connectivity index (χ1) is 12.6. The van der Waals surface area contributed by atoms with Gasteiger partial charge in [0.2, 0.25) is 10.0 Å². The van der Waals surface area contributed by atoms with Crippen molar-refractivity contribution in [1.82, 2.24) is 0 Å². The highest BCUT2D eigenvalue weighted by Gasteiger charge is 2.38. The van der Waals surface area contributed by atoms with Gasteiger partial charge in [-0.25, -0.2) is 8.42 Å². The second-order valence-corrected chi connectivity index (χ2v) is 9.27. The van der Waals surface area contributed by atoms with Crippen molar-refractivity contribution >= 4 is 27.3 Å². The number of para-hydroxylation sites is 1. The molecule has 0 spiro atoms. The maximum atomic E-state index is 13.4. The average Bonchev–Trinajstić information content (AvgIpc) is 2.92. The smallest absolute Gasteiger partial charge is 0.250 e. The van der Waals surface area contributed by atoms with E-state index in [9.17, 15) is 13.2 Å². The van der Waals surface area contributed by atoms with E-state index in [0.717, 1.165) is 35.1 Å². The quantitative estimate of drug-likeness (QED) is 0.809. The lowest BCUT2D eigenvalue weighted by Crippen LogP contribution is -2.51. The third-order valence-corrected chi connectivity index (χ3v) is 6.34. The minimum Gasteiger partial charge on any atom is -0.307 e. The predicted molar refractivity (Wildman–Crippen MR) is 110 cm³/mol. The number of fused-ring (bicyclic) bond motifs is 1. The molecule has 0 radical (unpaired) electrons. The molecule has 6 heteroatoms. The Morgan fingerprint density at radius 3 is 2.52 bits per heavy atom. The van der Waals surface area contributed by atoms with Gasteiger partial charge in [-0.05, 0) is 62.9 Å². The topological polar surface area (TPSA) is 57.7 Å². The first kappa shape index (κ1) is 19.4. The second kappa shape index (κ2) is 7.00. The Morgan fingerprint density at radius 2 is 1.85 bits per heavy atom. The molecular weight excluding hydrogens is 360 g/mol. The van der Waals surface area contributed by atoms with Crippen molar-refractivity contribution in [1.29, 1.82) is 0 Å². The third-order valence-electron chi connectivity index (χ3n) is 5.11. The maximum absolute atomic E-state index is 13.4. The number of amides is 1. The minimum atomic E-state index is -3.64. The molecule has 0 aliphatic carbocycles. The summed E-state index contributed by atoms with van der Waals surface area (Å²) in [7, 11) is -3.64. The van der Waals surface area contributed by atoms with Gasteiger partial charge in [-0.15, -0.1) is 0 Å². The first-order valence-corrected chi connectivity index (χ1v) is 10.9. The molecule has 5 nitrogen and oxygen atoms in total. The van der Waals surface area contributed by atoms with Crippen LogP contribution in [-0.4, -0.2) is 32.7 Å². The predicted octanol–water partition coefficient (Wildman–Crippen LogP) is 3.44. The van der Waals surface area contributed by atoms with Crippen molar-refractivity contribution in [2.75, 3.05) is 15.5 Å². The molecule has 1 heterocycles. The molecule has 144 valence electrons. The summed E-state index contributed by atoms with van der Waals surface area (Å²) in [5, 5.41) is 0. The van der Waals surface area contributed by atoms with E-state index in [0.29, 0.717) is 5.69 Å². The molecule has 0 unspecified atom stereocenters. The van der Waals surface area contributed by atoms with Crippen molar-refractivity contribution in [3.8, 4) is 0 Å². The van der Waals surface area contributed by atoms with Crippen molar-refractivity contribution < 1.29 is 13.2 Å². The fourth-order valence-electron chi connectivity index (χ4n) is 3.83. The number of carbonyl (C=O) groups is 1. The number of benzene rings is 2. The molecule has 2 aromatic rings. The van der Waals surface area contributed by atoms with Crippen LogP contribution in [0, 0.1) is 13.8 Å². The van der Waals surface area contributed by atoms with Crippen LogP contribution in [0.15, 0.2) is 42.5 Å². The highest BCUT2D eigenvalue weighted by molar-refractivity contribution is 7.92. The van der Waals surface area contributed by atoms with Crippen LogP contribution < -0.4 is 9.21 Å². The third kappa shape index (κ3) is 3.58. The van der Waals surface area contributed by atoms with Crippen LogP contribution in [0.3, 0.4) is 0 Å². The summed E-state index contributed by atoms with van der Waals surface area (Å²) in [4.78, 5) is 15.1. The molecular formula is C21H26N2O3S. The highest BCUT2D eigenvalue weighted by atomic mass is 32.2. The van der Waals surface area contributed by atoms with Gasteiger partial charge in [0.1, 0.15) is 6.04 Å². The van der Waals surface area contributed by atoms with Crippen LogP contribution in [0.5, 0.6) is 0 Å². The van der Waals surface area contributed by atoms with Crippen molar-refractivity contribution in [2.45, 2.75) is 46.2 Å². The monoisotopic (exact) mass is 386 g/mol. The highest BCUT2D eigenvalue weighted by Crippen LogP contribution is 2.34. The normalized spacial score (nSPS) is 17.5. The van der Waals surface area contributed by atoms with Crippen LogP contribution in [-0.2, 0) is 21.2 Å². The van der Waals surface area contributed by atoms with Crippen LogP contribution in [0.1, 0.15) is 30.5 Å². The van der Waals surface area contributed by atoms with Gasteiger partial charge in [-0.2, -0.15) is 0 Å². The molecule has 0 bridgehead atoms. The van der Waals surface area contributed by atoms with E-state index in [2.05, 4.69) is 0 Å². The van der Waals surface area contributed by atoms with Crippen LogP contribution in [0.25, 0.3) is 0 Å². The van der Waals surface area contributed by atoms with Gasteiger partial charge >= 0.3 is 0 Å². The first-order valence-electron chi connectivity index (χ1n) is 9.09. The summed E-state index contributed by atoms with van der Waals surface area (Å²) < 4.78 is 26.5. The van der Waals surface area contributed by atoms with E-state index < -0.39 is 16.1 Å². The summed E-state index contributed by atoms with van der Waals surface area (Å²) in [5.74, 6) is -0.209. The average molecular weight is 387 g/mol. The molecule has 0 aromatic heterocycles. The van der Waals surface area contributed by atoms with Gasteiger partial charge in [-0.3, -0.25) is 9.10 Å². The van der Waals surface area contributed by atoms with E-state index in [4.69, 9.17) is 0 Å². The Labute approximate surface area is 161 Å². The summed E-state index contributed by atoms with van der Waals surface area (Å²) in [6, 6.07) is 12.6. The van der Waals surface area contributed by atoms with Gasteiger partial charge in [-0.1, -0.05) is 30.3 Å². The molecule has 0 fully saturated rings. The Kier molecular flexibility index (Phi) is 5.04. The number of hydrogen-bond donors (Lipinski definition) is 0. The van der Waals surface area contributed by atoms with Crippen LogP contribution in [0.2, 0.25) is 0 Å². The molecule has 1 aliphatic heterocycles. The van der Waals surface area contributed by atoms with Crippen molar-refractivity contribution in [3.05, 3.63) is 59.2 Å². The zero-order valence-electron chi connectivity index (χ0n) is 16.4. The molecule has 27 heavy (non-hydrogen) atoms. The van der Waals surface area contributed by atoms with Gasteiger partial charge < -0.3 is 4.90 Å². The molecule has 2 aromatic carbocycles. The molecule has 0 saturated carbocycles. The summed E-state index contributed by atoms with van der Waals surface area (Å²) in [6.45, 7) is 7.43. The molecule has 1 aliphatic rings. The Balaban J connectivity index is 2.04. The lowest BCUT2D eigenvalue weighted by atomic mass is 10.1. The minimum absolute atomic E-state index is 0.00244. The van der Waals surface area contributed by atoms with Gasteiger partial charge in [0.15, 0.2) is 0 Å². The standard InChI is InChI=1S/C21H26N2O3S/c1-14-10-11-15(2)20(12-14)23(27(5,25)26)17(4)21(24)22-16(3)13-18-8-6-7-9-19(18)22/h6-12,16-17H,13H2,1-5H3/t16-,17-/m1/s1. The SMILES string of the molecule is Cc1ccc(C)c(N([C@H](C)C(=O)N2c3ccccc3C[C@H]2C)S(C)(=O)=O)c1. The van der Waals surface area contributed by atoms with E-state index in [1.165, 1.54) is 4.31 Å². The van der Waals surface area contributed by atoms with Gasteiger partial charge in [0.05, 0.1) is 11.9 Å². The Hall–Kier alpha value is -2.34. The zero-order chi connectivity index (χ0) is 19.9. The fraction of sp³-hybridized carbons (Fsp3) is 0.381. The molecule has 2 atom stereocenters. The maximum Gasteiger partial charge on any atom is 0.250 e. The molecule has 0 N–H and O–H groups in total. The number of carbonyl (C=O) groups excluding carboxylic acids is 1. The van der Waals surface area contributed by atoms with E-state index in [1.54, 1.807) is 11.8 Å².